The number of rotatable bonds is 15. The van der Waals surface area contributed by atoms with Gasteiger partial charge < -0.3 is 41.8 Å². The van der Waals surface area contributed by atoms with E-state index in [0.29, 0.717) is 92.2 Å². The molecule has 9 aromatic heterocycles. The number of piperazine rings is 2. The van der Waals surface area contributed by atoms with Gasteiger partial charge in [0.15, 0.2) is 0 Å². The second-order valence-corrected chi connectivity index (χ2v) is 35.5. The van der Waals surface area contributed by atoms with E-state index in [4.69, 9.17) is 56.6 Å². The van der Waals surface area contributed by atoms with Crippen molar-refractivity contribution in [3.63, 3.8) is 0 Å². The molecule has 0 bridgehead atoms. The fourth-order valence-electron chi connectivity index (χ4n) is 19.3. The van der Waals surface area contributed by atoms with E-state index in [-0.39, 0.29) is 12.2 Å². The first-order valence-corrected chi connectivity index (χ1v) is 44.5. The van der Waals surface area contributed by atoms with Gasteiger partial charge in [0, 0.05) is 181 Å². The molecule has 11 heterocycles. The highest BCUT2D eigenvalue weighted by Gasteiger charge is 2.42. The monoisotopic (exact) mass is 1670 g/mol. The first-order chi connectivity index (χ1) is 61.6. The maximum Gasteiger partial charge on any atom is 0.410 e. The van der Waals surface area contributed by atoms with Crippen molar-refractivity contribution in [1.29, 1.82) is 0 Å². The quantitative estimate of drug-likeness (QED) is 0.0742. The van der Waals surface area contributed by atoms with Crippen LogP contribution in [0, 0.1) is 0 Å². The number of pyridine rings is 3. The number of nitrogens with two attached hydrogens (primary N) is 3. The average Bonchev–Trinajstić information content (AvgIpc) is 1.60. The molecule has 16 aromatic rings. The van der Waals surface area contributed by atoms with E-state index in [0.717, 1.165) is 205 Å². The SMILES string of the molecule is CC(C)(C)OC(=O)N1CCN(C2CC(c3nc(-c4ccc5ccc(-c6ccccc6)nc5c4)c4c(N)nccn34)C2)CC1.Nc1nccn2c(C3CC(N4CCN(C(=O)OCc5ccccc5)CC4)C3)nc(-c3ccc4ccc(-c5ccccc5)nc4c3)c12.Nc1nccn2c(C3CC(NC4CCCCC4)C3)nc(-c3ccc4ccc(-c5ccccc5)nc4c3)c12. The Balaban J connectivity index is 0.000000120. The fraction of sp³-hybridized carbons (Fsp3) is 0.304. The molecule has 2 amide bonds. The van der Waals surface area contributed by atoms with Gasteiger partial charge in [-0.1, -0.05) is 195 Å². The molecule has 0 spiro atoms. The zero-order chi connectivity index (χ0) is 85.5. The maximum atomic E-state index is 12.6. The highest BCUT2D eigenvalue weighted by atomic mass is 16.6. The molecular weight excluding hydrogens is 1570 g/mol. The van der Waals surface area contributed by atoms with Crippen LogP contribution in [-0.2, 0) is 16.1 Å². The van der Waals surface area contributed by atoms with Gasteiger partial charge in [-0.15, -0.1) is 0 Å². The molecule has 7 aromatic carbocycles. The van der Waals surface area contributed by atoms with E-state index in [2.05, 4.69) is 171 Å². The van der Waals surface area contributed by atoms with E-state index < -0.39 is 5.60 Å². The molecule has 24 nitrogen and oxygen atoms in total. The van der Waals surface area contributed by atoms with Crippen LogP contribution in [0.1, 0.15) is 132 Å². The van der Waals surface area contributed by atoms with Crippen LogP contribution in [-0.4, -0.2) is 172 Å². The van der Waals surface area contributed by atoms with Crippen LogP contribution in [0.5, 0.6) is 0 Å². The van der Waals surface area contributed by atoms with Crippen LogP contribution in [0.15, 0.2) is 250 Å². The predicted octanol–water partition coefficient (Wildman–Crippen LogP) is 18.7. The Kier molecular flexibility index (Phi) is 22.4. The molecular formula is C102H104N20O4. The van der Waals surface area contributed by atoms with Crippen LogP contribution >= 0.6 is 0 Å². The summed E-state index contributed by atoms with van der Waals surface area (Å²) < 4.78 is 17.5. The van der Waals surface area contributed by atoms with Crippen molar-refractivity contribution < 1.29 is 19.1 Å². The van der Waals surface area contributed by atoms with Gasteiger partial charge in [-0.05, 0) is 114 Å². The first kappa shape index (κ1) is 80.8. The van der Waals surface area contributed by atoms with Gasteiger partial charge in [-0.2, -0.15) is 0 Å². The van der Waals surface area contributed by atoms with E-state index in [1.165, 1.54) is 32.1 Å². The minimum atomic E-state index is -0.478. The molecule has 4 saturated carbocycles. The van der Waals surface area contributed by atoms with Gasteiger partial charge >= 0.3 is 12.2 Å². The van der Waals surface area contributed by atoms with Crippen molar-refractivity contribution >= 4 is 78.9 Å². The molecule has 0 radical (unpaired) electrons. The number of amides is 2. The number of carbonyl (C=O) groups is 2. The third-order valence-electron chi connectivity index (χ3n) is 26.2. The summed E-state index contributed by atoms with van der Waals surface area (Å²) in [4.78, 5) is 77.6. The van der Waals surface area contributed by atoms with Crippen molar-refractivity contribution in [3.8, 4) is 67.5 Å². The second kappa shape index (κ2) is 34.9. The third kappa shape index (κ3) is 16.8. The first-order valence-electron chi connectivity index (χ1n) is 44.5. The molecule has 22 rings (SSSR count). The molecule has 6 fully saturated rings. The Labute approximate surface area is 732 Å². The highest BCUT2D eigenvalue weighted by molar-refractivity contribution is 5.95. The van der Waals surface area contributed by atoms with Crippen molar-refractivity contribution in [2.75, 3.05) is 69.6 Å². The summed E-state index contributed by atoms with van der Waals surface area (Å²) in [6.45, 7) is 12.2. The Morgan fingerprint density at radius 1 is 0.389 bits per heavy atom. The molecule has 126 heavy (non-hydrogen) atoms. The molecule has 0 unspecified atom stereocenters. The predicted molar refractivity (Wildman–Crippen MR) is 497 cm³/mol. The van der Waals surface area contributed by atoms with Crippen molar-refractivity contribution in [3.05, 3.63) is 273 Å². The third-order valence-corrected chi connectivity index (χ3v) is 26.2. The average molecular weight is 1670 g/mol. The molecule has 2 saturated heterocycles. The maximum absolute atomic E-state index is 12.6. The summed E-state index contributed by atoms with van der Waals surface area (Å²) in [7, 11) is 0. The Morgan fingerprint density at radius 3 is 1.11 bits per heavy atom. The Hall–Kier alpha value is -13.6. The number of anilines is 3. The molecule has 636 valence electrons. The van der Waals surface area contributed by atoms with E-state index >= 15 is 0 Å². The van der Waals surface area contributed by atoms with Gasteiger partial charge in [0.25, 0.3) is 0 Å². The Bertz CT molecular complexity index is 6640. The zero-order valence-corrected chi connectivity index (χ0v) is 71.4. The van der Waals surface area contributed by atoms with Crippen LogP contribution in [0.4, 0.5) is 27.0 Å². The lowest BCUT2D eigenvalue weighted by molar-refractivity contribution is 0.00263. The number of hydrogen-bond acceptors (Lipinski definition) is 19. The molecule has 6 aliphatic rings. The smallest absolute Gasteiger partial charge is 0.410 e. The topological polar surface area (TPSA) is 285 Å². The molecule has 0 atom stereocenters. The lowest BCUT2D eigenvalue weighted by Crippen LogP contribution is -2.55. The van der Waals surface area contributed by atoms with Crippen molar-refractivity contribution in [1.82, 2.24) is 83.0 Å². The van der Waals surface area contributed by atoms with Gasteiger partial charge in [0.05, 0.1) is 33.6 Å². The summed E-state index contributed by atoms with van der Waals surface area (Å²) >= 11 is 0. The number of carbonyl (C=O) groups excluding carboxylic acids is 2. The van der Waals surface area contributed by atoms with Crippen molar-refractivity contribution in [2.45, 2.75) is 146 Å². The van der Waals surface area contributed by atoms with Gasteiger partial charge in [0.1, 0.15) is 80.8 Å². The summed E-state index contributed by atoms with van der Waals surface area (Å²) in [5, 5.41) is 7.16. The number of nitrogens with zero attached hydrogens (tertiary/aromatic N) is 16. The highest BCUT2D eigenvalue weighted by Crippen LogP contribution is 2.46. The van der Waals surface area contributed by atoms with Gasteiger partial charge in [-0.25, -0.2) is 54.4 Å². The Morgan fingerprint density at radius 2 is 0.738 bits per heavy atom. The lowest BCUT2D eigenvalue weighted by atomic mass is 9.78. The number of ether oxygens (including phenoxy) is 2. The number of imidazole rings is 3. The summed E-state index contributed by atoms with van der Waals surface area (Å²) in [6.07, 6.45) is 23.8. The van der Waals surface area contributed by atoms with E-state index in [9.17, 15) is 9.59 Å². The number of benzene rings is 7. The number of fused-ring (bicyclic) bond motifs is 6. The van der Waals surface area contributed by atoms with Crippen LogP contribution < -0.4 is 22.5 Å². The summed E-state index contributed by atoms with van der Waals surface area (Å²) in [5.41, 5.74) is 36.9. The van der Waals surface area contributed by atoms with Crippen molar-refractivity contribution in [2.24, 2.45) is 0 Å². The van der Waals surface area contributed by atoms with Crippen LogP contribution in [0.2, 0.25) is 0 Å². The normalized spacial score (nSPS) is 19.4. The minimum absolute atomic E-state index is 0.221. The van der Waals surface area contributed by atoms with Crippen LogP contribution in [0.25, 0.3) is 117 Å². The zero-order valence-electron chi connectivity index (χ0n) is 71.4. The fourth-order valence-corrected chi connectivity index (χ4v) is 19.3. The summed E-state index contributed by atoms with van der Waals surface area (Å²) in [5.74, 6) is 5.63. The summed E-state index contributed by atoms with van der Waals surface area (Å²) in [6, 6.07) is 74.3. The lowest BCUT2D eigenvalue weighted by Gasteiger charge is -2.46. The van der Waals surface area contributed by atoms with E-state index in [1.54, 1.807) is 18.6 Å². The van der Waals surface area contributed by atoms with E-state index in [1.807, 2.05) is 134 Å². The molecule has 24 heteroatoms. The second-order valence-electron chi connectivity index (χ2n) is 35.5. The number of aromatic nitrogens is 12. The van der Waals surface area contributed by atoms with Gasteiger partial charge in [0.2, 0.25) is 0 Å². The molecule has 4 aliphatic carbocycles. The molecule has 7 N–H and O–H groups in total. The number of nitrogen functional groups attached to an aromatic ring is 3. The standard InChI is InChI=1S/C37H35N7O2.C34H37N7O2.C31H32N6/c38-35-34-33(28-12-11-27-13-14-31(40-32(27)23-28)26-9-5-2-6-10-26)41-36(44(34)16-15-39-35)29-21-30(22-29)42-17-19-43(20-18-42)37(45)46-24-25-7-3-1-4-8-25;1-34(2,3)43-33(42)40-17-15-39(16-18-40)26-19-25(20-26)32-38-29(30-31(35)36-13-14-41(30)32)24-10-9-23-11-12-27(37-28(23)21-24)22-7-5-4-6-8-22;32-30-29-28(22-12-11-21-13-14-26(35-27(21)19-22)20-7-3-1-4-8-20)36-31(37(29)16-15-33-30)23-17-25(18-23)34-24-9-5-2-6-10-24/h1-16,23,29-30H,17-22,24H2,(H2,38,39);4-14,21,25-26H,15-20H2,1-3H3,(H2,35,36);1,3-4,7-8,11-16,19,23-25,34H,2,5-6,9-10,17-18H2,(H2,32,33). The van der Waals surface area contributed by atoms with Crippen LogP contribution in [0.3, 0.4) is 0 Å². The van der Waals surface area contributed by atoms with Gasteiger partial charge in [-0.3, -0.25) is 23.0 Å². The number of hydrogen-bond donors (Lipinski definition) is 4. The number of nitrogens with one attached hydrogen (secondary N) is 1. The minimum Gasteiger partial charge on any atom is -0.445 e. The largest absolute Gasteiger partial charge is 0.445 e. The molecule has 2 aliphatic heterocycles.